The van der Waals surface area contributed by atoms with Crippen molar-refractivity contribution in [2.45, 2.75) is 26.6 Å². The summed E-state index contributed by atoms with van der Waals surface area (Å²) in [6.07, 6.45) is 0.156. The number of furan rings is 1. The maximum absolute atomic E-state index is 12.7. The summed E-state index contributed by atoms with van der Waals surface area (Å²) >= 11 is 0. The van der Waals surface area contributed by atoms with Crippen LogP contribution in [-0.4, -0.2) is 19.2 Å². The Labute approximate surface area is 163 Å². The quantitative estimate of drug-likeness (QED) is 0.345. The molecule has 0 unspecified atom stereocenters. The van der Waals surface area contributed by atoms with E-state index in [9.17, 15) is 9.36 Å². The van der Waals surface area contributed by atoms with Crippen LogP contribution in [0, 0.1) is 0 Å². The smallest absolute Gasteiger partial charge is 0.374 e. The molecular weight excluding hydrogens is 379 g/mol. The summed E-state index contributed by atoms with van der Waals surface area (Å²) in [7, 11) is -3.20. The highest BCUT2D eigenvalue weighted by molar-refractivity contribution is 7.53. The molecule has 148 valence electrons. The first-order valence-electron chi connectivity index (χ1n) is 9.14. The molecule has 1 heterocycles. The monoisotopic (exact) mass is 402 g/mol. The third-order valence-corrected chi connectivity index (χ3v) is 6.08. The normalized spacial score (nSPS) is 11.6. The van der Waals surface area contributed by atoms with Crippen LogP contribution < -0.4 is 0 Å². The second-order valence-electron chi connectivity index (χ2n) is 6.15. The van der Waals surface area contributed by atoms with Gasteiger partial charge in [0.15, 0.2) is 0 Å². The molecule has 1 aromatic heterocycles. The van der Waals surface area contributed by atoms with Gasteiger partial charge in [0.05, 0.1) is 19.4 Å². The molecule has 0 amide bonds. The van der Waals surface area contributed by atoms with Crippen molar-refractivity contribution in [1.82, 2.24) is 0 Å². The average molecular weight is 402 g/mol. The molecule has 0 radical (unpaired) electrons. The van der Waals surface area contributed by atoms with Crippen LogP contribution in [0.15, 0.2) is 59.0 Å². The first-order valence-corrected chi connectivity index (χ1v) is 10.9. The van der Waals surface area contributed by atoms with Crippen LogP contribution >= 0.6 is 7.60 Å². The molecule has 0 saturated heterocycles. The molecule has 0 aliphatic rings. The molecule has 0 spiro atoms. The van der Waals surface area contributed by atoms with Gasteiger partial charge in [-0.3, -0.25) is 4.57 Å². The number of carbonyl (C=O) groups excluding carboxylic acids is 1. The van der Waals surface area contributed by atoms with Gasteiger partial charge in [-0.05, 0) is 43.2 Å². The molecule has 3 aromatic rings. The van der Waals surface area contributed by atoms with E-state index in [4.69, 9.17) is 18.2 Å². The van der Waals surface area contributed by atoms with Crippen LogP contribution in [0.4, 0.5) is 0 Å². The molecule has 28 heavy (non-hydrogen) atoms. The van der Waals surface area contributed by atoms with Gasteiger partial charge in [-0.15, -0.1) is 0 Å². The van der Waals surface area contributed by atoms with Gasteiger partial charge in [0, 0.05) is 5.39 Å². The van der Waals surface area contributed by atoms with Crippen molar-refractivity contribution in [3.63, 3.8) is 0 Å². The van der Waals surface area contributed by atoms with Crippen LogP contribution in [-0.2, 0) is 31.1 Å². The van der Waals surface area contributed by atoms with Gasteiger partial charge < -0.3 is 18.2 Å². The van der Waals surface area contributed by atoms with E-state index in [1.807, 2.05) is 36.4 Å². The molecular formula is C21H23O6P. The lowest BCUT2D eigenvalue weighted by molar-refractivity contribution is 0.0438. The minimum absolute atomic E-state index is 0.126. The molecule has 7 heteroatoms. The van der Waals surface area contributed by atoms with Crippen molar-refractivity contribution in [2.24, 2.45) is 0 Å². The molecule has 0 aliphatic carbocycles. The van der Waals surface area contributed by atoms with Crippen molar-refractivity contribution < 1.29 is 27.6 Å². The first-order chi connectivity index (χ1) is 13.5. The number of ether oxygens (including phenoxy) is 1. The predicted molar refractivity (Wildman–Crippen MR) is 106 cm³/mol. The Morgan fingerprint density at radius 1 is 0.964 bits per heavy atom. The summed E-state index contributed by atoms with van der Waals surface area (Å²) in [6.45, 7) is 4.34. The molecule has 0 bridgehead atoms. The lowest BCUT2D eigenvalue weighted by atomic mass is 10.2. The second-order valence-corrected chi connectivity index (χ2v) is 8.20. The van der Waals surface area contributed by atoms with E-state index in [2.05, 4.69) is 0 Å². The fraction of sp³-hybridized carbons (Fsp3) is 0.286. The SMILES string of the molecule is CCOP(=O)(Cc1ccc2oc(C(=O)OCc3ccccc3)cc2c1)OCC. The van der Waals surface area contributed by atoms with Crippen molar-refractivity contribution >= 4 is 24.5 Å². The first kappa shape index (κ1) is 20.3. The summed E-state index contributed by atoms with van der Waals surface area (Å²) in [4.78, 5) is 12.3. The van der Waals surface area contributed by atoms with E-state index >= 15 is 0 Å². The molecule has 0 fully saturated rings. The highest BCUT2D eigenvalue weighted by atomic mass is 31.2. The van der Waals surface area contributed by atoms with Gasteiger partial charge in [-0.1, -0.05) is 36.4 Å². The maximum atomic E-state index is 12.7. The Kier molecular flexibility index (Phi) is 6.68. The van der Waals surface area contributed by atoms with E-state index in [-0.39, 0.29) is 18.5 Å². The third-order valence-electron chi connectivity index (χ3n) is 4.02. The predicted octanol–water partition coefficient (Wildman–Crippen LogP) is 5.56. The van der Waals surface area contributed by atoms with Gasteiger partial charge in [0.2, 0.25) is 5.76 Å². The number of esters is 1. The molecule has 6 nitrogen and oxygen atoms in total. The summed E-state index contributed by atoms with van der Waals surface area (Å²) < 4.78 is 34.3. The zero-order valence-electron chi connectivity index (χ0n) is 15.9. The van der Waals surface area contributed by atoms with E-state index in [1.165, 1.54) is 0 Å². The van der Waals surface area contributed by atoms with Crippen LogP contribution in [0.1, 0.15) is 35.5 Å². The Hall–Kier alpha value is -2.40. The van der Waals surface area contributed by atoms with Crippen LogP contribution in [0.2, 0.25) is 0 Å². The highest BCUT2D eigenvalue weighted by Gasteiger charge is 2.24. The molecule has 0 N–H and O–H groups in total. The number of fused-ring (bicyclic) bond motifs is 1. The van der Waals surface area contributed by atoms with E-state index in [1.54, 1.807) is 32.0 Å². The van der Waals surface area contributed by atoms with E-state index in [0.717, 1.165) is 16.5 Å². The van der Waals surface area contributed by atoms with Crippen LogP contribution in [0.25, 0.3) is 11.0 Å². The van der Waals surface area contributed by atoms with Crippen molar-refractivity contribution in [3.8, 4) is 0 Å². The van der Waals surface area contributed by atoms with E-state index in [0.29, 0.717) is 18.8 Å². The molecule has 0 aliphatic heterocycles. The number of carbonyl (C=O) groups is 1. The maximum Gasteiger partial charge on any atom is 0.374 e. The van der Waals surface area contributed by atoms with Gasteiger partial charge in [0.25, 0.3) is 0 Å². The Morgan fingerprint density at radius 2 is 1.68 bits per heavy atom. The van der Waals surface area contributed by atoms with Gasteiger partial charge in [-0.2, -0.15) is 0 Å². The zero-order chi connectivity index (χ0) is 20.0. The fourth-order valence-electron chi connectivity index (χ4n) is 2.83. The molecule has 0 atom stereocenters. The lowest BCUT2D eigenvalue weighted by Gasteiger charge is -2.16. The lowest BCUT2D eigenvalue weighted by Crippen LogP contribution is -2.03. The van der Waals surface area contributed by atoms with Gasteiger partial charge >= 0.3 is 13.6 Å². The largest absolute Gasteiger partial charge is 0.455 e. The Balaban J connectivity index is 1.73. The third kappa shape index (κ3) is 5.10. The Morgan fingerprint density at radius 3 is 2.36 bits per heavy atom. The number of hydrogen-bond acceptors (Lipinski definition) is 6. The number of hydrogen-bond donors (Lipinski definition) is 0. The standard InChI is InChI=1S/C21H23O6P/c1-3-25-28(23,26-4-2)15-17-10-11-19-18(12-17)13-20(27-19)21(22)24-14-16-8-6-5-7-9-16/h5-13H,3-4,14-15H2,1-2H3. The van der Waals surface area contributed by atoms with E-state index < -0.39 is 13.6 Å². The number of rotatable bonds is 9. The molecule has 0 saturated carbocycles. The summed E-state index contributed by atoms with van der Waals surface area (Å²) in [5, 5.41) is 0.726. The minimum atomic E-state index is -3.20. The Bertz CT molecular complexity index is 969. The summed E-state index contributed by atoms with van der Waals surface area (Å²) in [6, 6.07) is 16.4. The van der Waals surface area contributed by atoms with Gasteiger partial charge in [0.1, 0.15) is 12.2 Å². The van der Waals surface area contributed by atoms with Crippen molar-refractivity contribution in [1.29, 1.82) is 0 Å². The number of benzene rings is 2. The van der Waals surface area contributed by atoms with Crippen LogP contribution in [0.5, 0.6) is 0 Å². The summed E-state index contributed by atoms with van der Waals surface area (Å²) in [5.41, 5.74) is 2.23. The average Bonchev–Trinajstić information content (AvgIpc) is 3.10. The minimum Gasteiger partial charge on any atom is -0.455 e. The zero-order valence-corrected chi connectivity index (χ0v) is 16.8. The topological polar surface area (TPSA) is 75.0 Å². The summed E-state index contributed by atoms with van der Waals surface area (Å²) in [5.74, 6) is -0.406. The highest BCUT2D eigenvalue weighted by Crippen LogP contribution is 2.51. The fourth-order valence-corrected chi connectivity index (χ4v) is 4.52. The van der Waals surface area contributed by atoms with Gasteiger partial charge in [-0.25, -0.2) is 4.79 Å². The van der Waals surface area contributed by atoms with Crippen molar-refractivity contribution in [3.05, 3.63) is 71.5 Å². The molecule has 2 aromatic carbocycles. The second kappa shape index (κ2) is 9.20. The molecule has 3 rings (SSSR count). The van der Waals surface area contributed by atoms with Crippen molar-refractivity contribution in [2.75, 3.05) is 13.2 Å². The van der Waals surface area contributed by atoms with Crippen LogP contribution in [0.3, 0.4) is 0 Å².